The van der Waals surface area contributed by atoms with Crippen LogP contribution in [0.5, 0.6) is 0 Å². The molecule has 140 valence electrons. The minimum atomic E-state index is 0.780. The van der Waals surface area contributed by atoms with Crippen molar-refractivity contribution in [3.63, 3.8) is 0 Å². The van der Waals surface area contributed by atoms with Crippen molar-refractivity contribution in [2.45, 2.75) is 33.4 Å². The van der Waals surface area contributed by atoms with Crippen LogP contribution in [0.1, 0.15) is 28.2 Å². The predicted octanol–water partition coefficient (Wildman–Crippen LogP) is 3.36. The molecule has 0 N–H and O–H groups in total. The molecule has 1 aliphatic rings. The molecule has 4 aromatic rings. The summed E-state index contributed by atoms with van der Waals surface area (Å²) in [4.78, 5) is 20.6. The van der Waals surface area contributed by atoms with Crippen LogP contribution in [0.2, 0.25) is 0 Å². The van der Waals surface area contributed by atoms with Crippen LogP contribution in [0.15, 0.2) is 49.1 Å². The largest absolute Gasteiger partial charge is 0.302 e. The summed E-state index contributed by atoms with van der Waals surface area (Å²) in [6.45, 7) is 6.94. The van der Waals surface area contributed by atoms with Gasteiger partial charge in [0.2, 0.25) is 0 Å². The normalized spacial score (nSPS) is 14.4. The second-order valence-corrected chi connectivity index (χ2v) is 7.44. The summed E-state index contributed by atoms with van der Waals surface area (Å²) in [5, 5.41) is 0. The Bertz CT molecular complexity index is 1150. The van der Waals surface area contributed by atoms with Crippen molar-refractivity contribution in [3.8, 4) is 11.4 Å². The molecule has 5 heterocycles. The third kappa shape index (κ3) is 3.05. The lowest BCUT2D eigenvalue weighted by molar-refractivity contribution is 0.239. The molecule has 0 aliphatic carbocycles. The van der Waals surface area contributed by atoms with Crippen molar-refractivity contribution in [3.05, 3.63) is 77.3 Å². The van der Waals surface area contributed by atoms with Gasteiger partial charge >= 0.3 is 0 Å². The van der Waals surface area contributed by atoms with Crippen molar-refractivity contribution < 1.29 is 0 Å². The van der Waals surface area contributed by atoms with Crippen LogP contribution in [0.4, 0.5) is 0 Å². The maximum atomic E-state index is 4.81. The van der Waals surface area contributed by atoms with Gasteiger partial charge in [-0.2, -0.15) is 0 Å². The standard InChI is InChI=1S/C22H22N6/c1-15-3-4-21-25-16(2)20(28(21)12-15)14-27-10-7-19-18(13-27)11-24-22(26-19)17-5-8-23-9-6-17/h3-6,8-9,11-12H,7,10,13-14H2,1-2H3. The average molecular weight is 370 g/mol. The Hall–Kier alpha value is -3.12. The van der Waals surface area contributed by atoms with Gasteiger partial charge in [0, 0.05) is 62.0 Å². The summed E-state index contributed by atoms with van der Waals surface area (Å²) < 4.78 is 2.23. The van der Waals surface area contributed by atoms with E-state index in [0.29, 0.717) is 0 Å². The van der Waals surface area contributed by atoms with Gasteiger partial charge < -0.3 is 4.40 Å². The Morgan fingerprint density at radius 1 is 1.04 bits per heavy atom. The van der Waals surface area contributed by atoms with Crippen molar-refractivity contribution in [1.29, 1.82) is 0 Å². The molecule has 0 spiro atoms. The van der Waals surface area contributed by atoms with Gasteiger partial charge in [-0.25, -0.2) is 15.0 Å². The summed E-state index contributed by atoms with van der Waals surface area (Å²) >= 11 is 0. The monoisotopic (exact) mass is 370 g/mol. The number of hydrogen-bond acceptors (Lipinski definition) is 5. The smallest absolute Gasteiger partial charge is 0.159 e. The first-order valence-corrected chi connectivity index (χ1v) is 9.59. The molecule has 0 bridgehead atoms. The molecule has 0 atom stereocenters. The van der Waals surface area contributed by atoms with Gasteiger partial charge in [-0.3, -0.25) is 9.88 Å². The fraction of sp³-hybridized carbons (Fsp3) is 0.273. The van der Waals surface area contributed by atoms with Crippen molar-refractivity contribution in [2.75, 3.05) is 6.54 Å². The van der Waals surface area contributed by atoms with Gasteiger partial charge in [-0.05, 0) is 37.6 Å². The van der Waals surface area contributed by atoms with E-state index in [1.165, 1.54) is 16.8 Å². The molecule has 5 rings (SSSR count). The number of aryl methyl sites for hydroxylation is 2. The lowest BCUT2D eigenvalue weighted by Crippen LogP contribution is -2.31. The van der Waals surface area contributed by atoms with Crippen molar-refractivity contribution in [1.82, 2.24) is 29.2 Å². The lowest BCUT2D eigenvalue weighted by atomic mass is 10.1. The van der Waals surface area contributed by atoms with Gasteiger partial charge in [0.1, 0.15) is 5.65 Å². The van der Waals surface area contributed by atoms with Crippen LogP contribution in [0, 0.1) is 13.8 Å². The first kappa shape index (κ1) is 17.0. The zero-order valence-electron chi connectivity index (χ0n) is 16.1. The predicted molar refractivity (Wildman–Crippen MR) is 108 cm³/mol. The highest BCUT2D eigenvalue weighted by Crippen LogP contribution is 2.23. The molecule has 28 heavy (non-hydrogen) atoms. The average Bonchev–Trinajstić information content (AvgIpc) is 3.03. The van der Waals surface area contributed by atoms with Crippen LogP contribution in [-0.4, -0.2) is 35.8 Å². The summed E-state index contributed by atoms with van der Waals surface area (Å²) in [5.74, 6) is 0.780. The minimum Gasteiger partial charge on any atom is -0.302 e. The molecule has 6 heteroatoms. The molecular formula is C22H22N6. The molecule has 0 fully saturated rings. The molecule has 4 aromatic heterocycles. The summed E-state index contributed by atoms with van der Waals surface area (Å²) in [6.07, 6.45) is 8.65. The Morgan fingerprint density at radius 2 is 1.89 bits per heavy atom. The van der Waals surface area contributed by atoms with E-state index in [9.17, 15) is 0 Å². The Kier molecular flexibility index (Phi) is 4.13. The zero-order valence-corrected chi connectivity index (χ0v) is 16.1. The van der Waals surface area contributed by atoms with Crippen LogP contribution in [0.3, 0.4) is 0 Å². The van der Waals surface area contributed by atoms with Gasteiger partial charge in [-0.15, -0.1) is 0 Å². The van der Waals surface area contributed by atoms with Gasteiger partial charge in [0.25, 0.3) is 0 Å². The molecule has 0 saturated carbocycles. The highest BCUT2D eigenvalue weighted by molar-refractivity contribution is 5.54. The molecule has 0 amide bonds. The van der Waals surface area contributed by atoms with E-state index in [0.717, 1.165) is 54.5 Å². The maximum Gasteiger partial charge on any atom is 0.159 e. The number of fused-ring (bicyclic) bond motifs is 2. The minimum absolute atomic E-state index is 0.780. The third-order valence-corrected chi connectivity index (χ3v) is 5.39. The molecule has 0 radical (unpaired) electrons. The quantitative estimate of drug-likeness (QED) is 0.553. The third-order valence-electron chi connectivity index (χ3n) is 5.39. The number of rotatable bonds is 3. The fourth-order valence-electron chi connectivity index (χ4n) is 3.87. The van der Waals surface area contributed by atoms with Gasteiger partial charge in [0.15, 0.2) is 5.82 Å². The van der Waals surface area contributed by atoms with Crippen molar-refractivity contribution >= 4 is 5.65 Å². The van der Waals surface area contributed by atoms with Crippen LogP contribution < -0.4 is 0 Å². The zero-order chi connectivity index (χ0) is 19.1. The second-order valence-electron chi connectivity index (χ2n) is 7.44. The number of hydrogen-bond donors (Lipinski definition) is 0. The van der Waals surface area contributed by atoms with E-state index >= 15 is 0 Å². The van der Waals surface area contributed by atoms with Crippen LogP contribution in [-0.2, 0) is 19.5 Å². The Labute approximate surface area is 163 Å². The summed E-state index contributed by atoms with van der Waals surface area (Å²) in [6, 6.07) is 8.10. The summed E-state index contributed by atoms with van der Waals surface area (Å²) in [5.41, 5.74) is 8.00. The molecule has 0 saturated heterocycles. The fourth-order valence-corrected chi connectivity index (χ4v) is 3.87. The second kappa shape index (κ2) is 6.80. The maximum absolute atomic E-state index is 4.81. The van der Waals surface area contributed by atoms with E-state index in [4.69, 9.17) is 9.97 Å². The summed E-state index contributed by atoms with van der Waals surface area (Å²) in [7, 11) is 0. The van der Waals surface area contributed by atoms with Gasteiger partial charge in [0.05, 0.1) is 17.1 Å². The molecule has 1 aliphatic heterocycles. The SMILES string of the molecule is Cc1ccc2nc(C)c(CN3CCc4nc(-c5ccncc5)ncc4C3)n2c1. The van der Waals surface area contributed by atoms with E-state index in [1.54, 1.807) is 12.4 Å². The Morgan fingerprint density at radius 3 is 2.75 bits per heavy atom. The lowest BCUT2D eigenvalue weighted by Gasteiger charge is -2.28. The van der Waals surface area contributed by atoms with Crippen molar-refractivity contribution in [2.24, 2.45) is 0 Å². The van der Waals surface area contributed by atoms with E-state index in [1.807, 2.05) is 18.3 Å². The van der Waals surface area contributed by atoms with Crippen LogP contribution >= 0.6 is 0 Å². The molecule has 0 unspecified atom stereocenters. The topological polar surface area (TPSA) is 59.2 Å². The van der Waals surface area contributed by atoms with Crippen LogP contribution in [0.25, 0.3) is 17.0 Å². The van der Waals surface area contributed by atoms with E-state index < -0.39 is 0 Å². The number of nitrogens with zero attached hydrogens (tertiary/aromatic N) is 6. The van der Waals surface area contributed by atoms with E-state index in [-0.39, 0.29) is 0 Å². The number of imidazole rings is 1. The molecular weight excluding hydrogens is 348 g/mol. The highest BCUT2D eigenvalue weighted by atomic mass is 15.2. The molecule has 6 nitrogen and oxygen atoms in total. The van der Waals surface area contributed by atoms with Gasteiger partial charge in [-0.1, -0.05) is 6.07 Å². The van der Waals surface area contributed by atoms with E-state index in [2.05, 4.69) is 51.4 Å². The molecule has 0 aromatic carbocycles. The first-order chi connectivity index (χ1) is 13.7. The number of aromatic nitrogens is 5. The number of pyridine rings is 2. The first-order valence-electron chi connectivity index (χ1n) is 9.59. The Balaban J connectivity index is 1.40. The highest BCUT2D eigenvalue weighted by Gasteiger charge is 2.21.